The Morgan fingerprint density at radius 2 is 1.79 bits per heavy atom. The smallest absolute Gasteiger partial charge is 0.336 e. The van der Waals surface area contributed by atoms with E-state index in [1.165, 1.54) is 6.42 Å². The topological polar surface area (TPSA) is 63.1 Å². The summed E-state index contributed by atoms with van der Waals surface area (Å²) in [6.45, 7) is 6.10. The highest BCUT2D eigenvalue weighted by Gasteiger charge is 2.13. The Labute approximate surface area is 113 Å². The third-order valence-corrected chi connectivity index (χ3v) is 2.21. The third kappa shape index (κ3) is 4.17. The maximum Gasteiger partial charge on any atom is 0.336 e. The molecule has 19 heavy (non-hydrogen) atoms. The van der Waals surface area contributed by atoms with Crippen molar-refractivity contribution in [3.8, 4) is 11.4 Å². The van der Waals surface area contributed by atoms with Crippen LogP contribution in [0.5, 0.6) is 0 Å². The van der Waals surface area contributed by atoms with Crippen molar-refractivity contribution >= 4 is 5.97 Å². The normalized spacial score (nSPS) is 9.42. The number of benzene rings is 1. The second kappa shape index (κ2) is 7.26. The predicted octanol–water partition coefficient (Wildman–Crippen LogP) is 3.57. The molecule has 0 aliphatic rings. The number of nitrogens with zero attached hydrogens (tertiary/aromatic N) is 2. The number of rotatable bonds is 2. The summed E-state index contributed by atoms with van der Waals surface area (Å²) in [7, 11) is 0. The van der Waals surface area contributed by atoms with Gasteiger partial charge in [0.05, 0.1) is 5.56 Å². The van der Waals surface area contributed by atoms with E-state index >= 15 is 0 Å². The number of aryl methyl sites for hydroxylation is 1. The molecule has 2 aromatic rings. The quantitative estimate of drug-likeness (QED) is 0.894. The molecule has 0 bridgehead atoms. The van der Waals surface area contributed by atoms with Crippen molar-refractivity contribution in [3.63, 3.8) is 0 Å². The Morgan fingerprint density at radius 1 is 1.21 bits per heavy atom. The molecule has 2 rings (SSSR count). The Balaban J connectivity index is 0.000000550. The van der Waals surface area contributed by atoms with E-state index < -0.39 is 5.97 Å². The number of aromatic carboxylic acids is 1. The lowest BCUT2D eigenvalue weighted by Crippen LogP contribution is -2.01. The molecule has 0 aliphatic heterocycles. The van der Waals surface area contributed by atoms with Gasteiger partial charge in [0.1, 0.15) is 0 Å². The van der Waals surface area contributed by atoms with Crippen LogP contribution in [0, 0.1) is 6.92 Å². The fraction of sp³-hybridized carbons (Fsp3) is 0.267. The molecule has 1 N–H and O–H groups in total. The number of aromatic nitrogens is 2. The lowest BCUT2D eigenvalue weighted by atomic mass is 10.0. The van der Waals surface area contributed by atoms with Gasteiger partial charge in [0.2, 0.25) is 0 Å². The highest BCUT2D eigenvalue weighted by atomic mass is 16.4. The Morgan fingerprint density at radius 3 is 2.32 bits per heavy atom. The van der Waals surface area contributed by atoms with Crippen LogP contribution in [0.3, 0.4) is 0 Å². The lowest BCUT2D eigenvalue weighted by molar-refractivity contribution is 0.0697. The molecule has 4 heteroatoms. The largest absolute Gasteiger partial charge is 0.478 e. The molecule has 0 atom stereocenters. The fourth-order valence-electron chi connectivity index (χ4n) is 1.47. The summed E-state index contributed by atoms with van der Waals surface area (Å²) in [6.07, 6.45) is 4.43. The van der Waals surface area contributed by atoms with Crippen molar-refractivity contribution in [1.29, 1.82) is 0 Å². The van der Waals surface area contributed by atoms with E-state index in [1.807, 2.05) is 13.0 Å². The average Bonchev–Trinajstić information content (AvgIpc) is 2.40. The minimum Gasteiger partial charge on any atom is -0.478 e. The molecule has 0 radical (unpaired) electrons. The van der Waals surface area contributed by atoms with E-state index in [0.717, 1.165) is 5.56 Å². The van der Waals surface area contributed by atoms with Crippen molar-refractivity contribution < 1.29 is 9.90 Å². The molecule has 0 spiro atoms. The second-order valence-corrected chi connectivity index (χ2v) is 4.13. The maximum atomic E-state index is 11.1. The molecule has 1 aromatic carbocycles. The minimum absolute atomic E-state index is 0.228. The van der Waals surface area contributed by atoms with Gasteiger partial charge in [-0.15, -0.1) is 0 Å². The molecule has 1 aromatic heterocycles. The molecule has 1 heterocycles. The fourth-order valence-corrected chi connectivity index (χ4v) is 1.47. The Kier molecular flexibility index (Phi) is 5.67. The number of hydrogen-bond acceptors (Lipinski definition) is 3. The molecular formula is C15H18N2O2. The molecule has 0 fully saturated rings. The lowest BCUT2D eigenvalue weighted by Gasteiger charge is -2.05. The van der Waals surface area contributed by atoms with Gasteiger partial charge in [-0.1, -0.05) is 38.0 Å². The van der Waals surface area contributed by atoms with Crippen molar-refractivity contribution in [2.45, 2.75) is 27.2 Å². The van der Waals surface area contributed by atoms with Gasteiger partial charge in [0.15, 0.2) is 5.82 Å². The predicted molar refractivity (Wildman–Crippen MR) is 75.1 cm³/mol. The first-order valence-corrected chi connectivity index (χ1v) is 6.21. The third-order valence-electron chi connectivity index (χ3n) is 2.21. The summed E-state index contributed by atoms with van der Waals surface area (Å²) in [4.78, 5) is 19.2. The van der Waals surface area contributed by atoms with Crippen LogP contribution in [-0.4, -0.2) is 21.0 Å². The Hall–Kier alpha value is -2.23. The summed E-state index contributed by atoms with van der Waals surface area (Å²) in [6, 6.07) is 6.89. The number of hydrogen-bond donors (Lipinski definition) is 1. The van der Waals surface area contributed by atoms with Crippen molar-refractivity contribution in [2.24, 2.45) is 0 Å². The number of carbonyl (C=O) groups is 1. The highest BCUT2D eigenvalue weighted by Crippen LogP contribution is 2.20. The van der Waals surface area contributed by atoms with E-state index in [2.05, 4.69) is 23.8 Å². The van der Waals surface area contributed by atoms with Crippen LogP contribution in [0.2, 0.25) is 0 Å². The molecule has 0 amide bonds. The van der Waals surface area contributed by atoms with Crippen LogP contribution in [0.4, 0.5) is 0 Å². The van der Waals surface area contributed by atoms with Crippen molar-refractivity contribution in [2.75, 3.05) is 0 Å². The first-order chi connectivity index (χ1) is 9.10. The SMILES string of the molecule is CCC.Cc1ccc(-c2ncccn2)c(C(=O)O)c1. The standard InChI is InChI=1S/C12H10N2O2.C3H8/c1-8-3-4-9(10(7-8)12(15)16)11-13-5-2-6-14-11;1-3-2/h2-7H,1H3,(H,15,16);3H2,1-2H3. The molecule has 100 valence electrons. The van der Waals surface area contributed by atoms with Gasteiger partial charge < -0.3 is 5.11 Å². The molecule has 0 saturated carbocycles. The summed E-state index contributed by atoms with van der Waals surface area (Å²) >= 11 is 0. The van der Waals surface area contributed by atoms with Gasteiger partial charge in [-0.05, 0) is 19.1 Å². The Bertz CT molecular complexity index is 539. The van der Waals surface area contributed by atoms with Crippen LogP contribution in [0.15, 0.2) is 36.7 Å². The number of carboxylic acid groups (broad SMARTS) is 1. The van der Waals surface area contributed by atoms with E-state index in [-0.39, 0.29) is 5.56 Å². The first-order valence-electron chi connectivity index (χ1n) is 6.21. The molecule has 4 nitrogen and oxygen atoms in total. The van der Waals surface area contributed by atoms with Crippen LogP contribution in [-0.2, 0) is 0 Å². The zero-order valence-corrected chi connectivity index (χ0v) is 11.4. The average molecular weight is 258 g/mol. The summed E-state index contributed by atoms with van der Waals surface area (Å²) in [5.41, 5.74) is 1.67. The molecular weight excluding hydrogens is 240 g/mol. The van der Waals surface area contributed by atoms with Gasteiger partial charge >= 0.3 is 5.97 Å². The van der Waals surface area contributed by atoms with E-state index in [1.54, 1.807) is 30.6 Å². The molecule has 0 saturated heterocycles. The minimum atomic E-state index is -0.967. The van der Waals surface area contributed by atoms with E-state index in [9.17, 15) is 4.79 Å². The van der Waals surface area contributed by atoms with Crippen LogP contribution in [0.25, 0.3) is 11.4 Å². The first kappa shape index (κ1) is 14.8. The van der Waals surface area contributed by atoms with Crippen LogP contribution < -0.4 is 0 Å². The summed E-state index contributed by atoms with van der Waals surface area (Å²) in [5.74, 6) is -0.536. The van der Waals surface area contributed by atoms with Gasteiger partial charge in [0, 0.05) is 18.0 Å². The van der Waals surface area contributed by atoms with Crippen LogP contribution >= 0.6 is 0 Å². The van der Waals surface area contributed by atoms with Crippen LogP contribution in [0.1, 0.15) is 36.2 Å². The van der Waals surface area contributed by atoms with Gasteiger partial charge in [-0.25, -0.2) is 14.8 Å². The molecule has 0 unspecified atom stereocenters. The highest BCUT2D eigenvalue weighted by molar-refractivity contribution is 5.95. The van der Waals surface area contributed by atoms with Crippen molar-refractivity contribution in [3.05, 3.63) is 47.8 Å². The van der Waals surface area contributed by atoms with Gasteiger partial charge in [0.25, 0.3) is 0 Å². The molecule has 0 aliphatic carbocycles. The maximum absolute atomic E-state index is 11.1. The summed E-state index contributed by atoms with van der Waals surface area (Å²) in [5, 5.41) is 9.10. The summed E-state index contributed by atoms with van der Waals surface area (Å²) < 4.78 is 0. The van der Waals surface area contributed by atoms with Gasteiger partial charge in [-0.2, -0.15) is 0 Å². The zero-order chi connectivity index (χ0) is 14.3. The monoisotopic (exact) mass is 258 g/mol. The number of carboxylic acids is 1. The second-order valence-electron chi connectivity index (χ2n) is 4.13. The van der Waals surface area contributed by atoms with Crippen molar-refractivity contribution in [1.82, 2.24) is 9.97 Å². The zero-order valence-electron chi connectivity index (χ0n) is 11.4. The van der Waals surface area contributed by atoms with E-state index in [0.29, 0.717) is 11.4 Å². The van der Waals surface area contributed by atoms with E-state index in [4.69, 9.17) is 5.11 Å². The van der Waals surface area contributed by atoms with Gasteiger partial charge in [-0.3, -0.25) is 0 Å².